The number of amides is 1. The third-order valence-corrected chi connectivity index (χ3v) is 7.36. The number of halogens is 4. The molecule has 0 spiro atoms. The number of nitrogens with zero attached hydrogens (tertiary/aromatic N) is 2. The summed E-state index contributed by atoms with van der Waals surface area (Å²) in [5.74, 6) is -0.366. The van der Waals surface area contributed by atoms with E-state index >= 15 is 0 Å². The molecule has 2 aromatic rings. The number of carbonyl (C=O) groups excluding carboxylic acids is 1. The molecule has 1 saturated heterocycles. The van der Waals surface area contributed by atoms with Crippen LogP contribution in [0.25, 0.3) is 0 Å². The molecule has 0 bridgehead atoms. The summed E-state index contributed by atoms with van der Waals surface area (Å²) < 4.78 is 57.2. The van der Waals surface area contributed by atoms with Gasteiger partial charge in [0, 0.05) is 49.1 Å². The summed E-state index contributed by atoms with van der Waals surface area (Å²) >= 11 is 6.33. The molecule has 2 atom stereocenters. The third-order valence-electron chi connectivity index (χ3n) is 6.17. The average molecular weight is 546 g/mol. The molecule has 0 aromatic heterocycles. The van der Waals surface area contributed by atoms with E-state index in [-0.39, 0.29) is 22.9 Å². The molecule has 198 valence electrons. The molecule has 3 rings (SSSR count). The highest BCUT2D eigenvalue weighted by Gasteiger charge is 2.33. The van der Waals surface area contributed by atoms with E-state index in [2.05, 4.69) is 34.3 Å². The van der Waals surface area contributed by atoms with Crippen LogP contribution in [-0.4, -0.2) is 58.2 Å². The molecule has 1 N–H and O–H groups in total. The first-order valence-corrected chi connectivity index (χ1v) is 13.5. The van der Waals surface area contributed by atoms with Crippen LogP contribution in [0.2, 0.25) is 5.02 Å². The molecule has 11 heteroatoms. The van der Waals surface area contributed by atoms with E-state index in [9.17, 15) is 22.2 Å². The topological polar surface area (TPSA) is 61.9 Å². The number of ether oxygens (including phenoxy) is 1. The highest BCUT2D eigenvalue weighted by Crippen LogP contribution is 2.32. The van der Waals surface area contributed by atoms with Crippen molar-refractivity contribution in [3.63, 3.8) is 0 Å². The molecular formula is C25H31ClF3N3O3S. The zero-order valence-electron chi connectivity index (χ0n) is 20.5. The van der Waals surface area contributed by atoms with Crippen LogP contribution < -0.4 is 9.46 Å². The highest BCUT2D eigenvalue weighted by molar-refractivity contribution is 7.86. The first-order valence-electron chi connectivity index (χ1n) is 11.8. The summed E-state index contributed by atoms with van der Waals surface area (Å²) in [5.41, 5.74) is 2.29. The Labute approximate surface area is 217 Å². The molecule has 1 fully saturated rings. The Bertz CT molecular complexity index is 1090. The van der Waals surface area contributed by atoms with Gasteiger partial charge in [-0.3, -0.25) is 9.69 Å². The molecule has 0 radical (unpaired) electrons. The van der Waals surface area contributed by atoms with Crippen molar-refractivity contribution in [2.24, 2.45) is 0 Å². The molecule has 6 nitrogen and oxygen atoms in total. The minimum Gasteiger partial charge on any atom is -0.404 e. The number of rotatable bonds is 9. The zero-order chi connectivity index (χ0) is 26.5. The van der Waals surface area contributed by atoms with Crippen LogP contribution in [0.4, 0.5) is 18.9 Å². The fraction of sp³-hybridized carbons (Fsp3) is 0.480. The lowest BCUT2D eigenvalue weighted by Gasteiger charge is -2.35. The Morgan fingerprint density at radius 3 is 2.44 bits per heavy atom. The predicted octanol–water partition coefficient (Wildman–Crippen LogP) is 5.81. The van der Waals surface area contributed by atoms with Crippen molar-refractivity contribution in [2.75, 3.05) is 36.7 Å². The van der Waals surface area contributed by atoms with Crippen molar-refractivity contribution in [2.45, 2.75) is 46.0 Å². The highest BCUT2D eigenvalue weighted by atomic mass is 35.5. The Balaban J connectivity index is 1.67. The van der Waals surface area contributed by atoms with Crippen LogP contribution in [0.1, 0.15) is 54.6 Å². The number of nitrogens with one attached hydrogen (secondary N) is 1. The van der Waals surface area contributed by atoms with Crippen molar-refractivity contribution in [3.05, 3.63) is 58.1 Å². The van der Waals surface area contributed by atoms with Crippen LogP contribution in [0, 0.1) is 0 Å². The maximum absolute atomic E-state index is 13.0. The van der Waals surface area contributed by atoms with Crippen LogP contribution in [-0.2, 0) is 17.5 Å². The normalized spacial score (nSPS) is 16.5. The van der Waals surface area contributed by atoms with Crippen molar-refractivity contribution in [1.82, 2.24) is 9.80 Å². The van der Waals surface area contributed by atoms with Gasteiger partial charge in [0.2, 0.25) is 0 Å². The molecule has 1 aliphatic heterocycles. The Hall–Kier alpha value is -2.30. The number of hydrogen-bond donors (Lipinski definition) is 1. The standard InChI is InChI=1S/C25H31ClF3N3O3S/c1-4-17(3)20-12-18(13-21(26)14-20)16-31-8-10-32(11-9-31)24(33)19-6-7-22(30-36(34)5-2)23(15-19)35-25(27,28)29/h6-7,12-15,17,30H,4-5,8-11,16H2,1-3H3. The van der Waals surface area contributed by atoms with E-state index in [1.807, 2.05) is 12.1 Å². The van der Waals surface area contributed by atoms with Gasteiger partial charge in [-0.1, -0.05) is 38.4 Å². The van der Waals surface area contributed by atoms with Gasteiger partial charge in [0.05, 0.1) is 5.69 Å². The van der Waals surface area contributed by atoms with Crippen LogP contribution in [0.5, 0.6) is 5.75 Å². The second kappa shape index (κ2) is 12.3. The fourth-order valence-corrected chi connectivity index (χ4v) is 4.80. The predicted molar refractivity (Wildman–Crippen MR) is 137 cm³/mol. The van der Waals surface area contributed by atoms with Gasteiger partial charge in [0.1, 0.15) is 11.0 Å². The van der Waals surface area contributed by atoms with Crippen molar-refractivity contribution in [1.29, 1.82) is 0 Å². The second-order valence-electron chi connectivity index (χ2n) is 8.77. The van der Waals surface area contributed by atoms with Crippen molar-refractivity contribution >= 4 is 34.2 Å². The quantitative estimate of drug-likeness (QED) is 0.432. The van der Waals surface area contributed by atoms with Crippen LogP contribution in [0.15, 0.2) is 36.4 Å². The van der Waals surface area contributed by atoms with E-state index in [1.54, 1.807) is 11.8 Å². The largest absolute Gasteiger partial charge is 0.573 e. The Morgan fingerprint density at radius 1 is 1.14 bits per heavy atom. The molecular weight excluding hydrogens is 515 g/mol. The zero-order valence-corrected chi connectivity index (χ0v) is 22.1. The minimum atomic E-state index is -4.95. The van der Waals surface area contributed by atoms with E-state index in [4.69, 9.17) is 11.6 Å². The van der Waals surface area contributed by atoms with E-state index < -0.39 is 23.1 Å². The van der Waals surface area contributed by atoms with Crippen molar-refractivity contribution in [3.8, 4) is 5.75 Å². The molecule has 0 aliphatic carbocycles. The average Bonchev–Trinajstić information content (AvgIpc) is 2.83. The van der Waals surface area contributed by atoms with E-state index in [0.717, 1.165) is 18.1 Å². The third kappa shape index (κ3) is 7.85. The van der Waals surface area contributed by atoms with Gasteiger partial charge in [0.15, 0.2) is 5.75 Å². The van der Waals surface area contributed by atoms with Gasteiger partial charge in [-0.05, 0) is 53.8 Å². The number of piperazine rings is 1. The SMILES string of the molecule is CCC(C)c1cc(Cl)cc(CN2CCN(C(=O)c3ccc(NS(=O)CC)c(OC(F)(F)F)c3)CC2)c1. The Morgan fingerprint density at radius 2 is 1.83 bits per heavy atom. The lowest BCUT2D eigenvalue weighted by molar-refractivity contribution is -0.274. The lowest BCUT2D eigenvalue weighted by atomic mass is 9.96. The maximum Gasteiger partial charge on any atom is 0.573 e. The molecule has 1 aliphatic rings. The van der Waals surface area contributed by atoms with Crippen LogP contribution >= 0.6 is 11.6 Å². The second-order valence-corrected chi connectivity index (χ2v) is 10.7. The van der Waals surface area contributed by atoms with Gasteiger partial charge >= 0.3 is 6.36 Å². The molecule has 2 aromatic carbocycles. The summed E-state index contributed by atoms with van der Waals surface area (Å²) in [6.07, 6.45) is -3.93. The number of benzene rings is 2. The summed E-state index contributed by atoms with van der Waals surface area (Å²) in [4.78, 5) is 16.9. The molecule has 1 amide bonds. The summed E-state index contributed by atoms with van der Waals surface area (Å²) in [7, 11) is -1.57. The van der Waals surface area contributed by atoms with Crippen LogP contribution in [0.3, 0.4) is 0 Å². The molecule has 1 heterocycles. The summed E-state index contributed by atoms with van der Waals surface area (Å²) in [6, 6.07) is 9.85. The van der Waals surface area contributed by atoms with Gasteiger partial charge < -0.3 is 14.4 Å². The molecule has 0 saturated carbocycles. The minimum absolute atomic E-state index is 0.0727. The molecule has 2 unspecified atom stereocenters. The first-order chi connectivity index (χ1) is 17.0. The maximum atomic E-state index is 13.0. The Kier molecular flexibility index (Phi) is 9.66. The number of hydrogen-bond acceptors (Lipinski definition) is 4. The summed E-state index contributed by atoms with van der Waals surface area (Å²) in [5, 5.41) is 0.703. The van der Waals surface area contributed by atoms with Gasteiger partial charge in [-0.25, -0.2) is 4.21 Å². The van der Waals surface area contributed by atoms with E-state index in [0.29, 0.717) is 43.7 Å². The fourth-order valence-electron chi connectivity index (χ4n) is 3.98. The van der Waals surface area contributed by atoms with Gasteiger partial charge in [-0.2, -0.15) is 0 Å². The number of alkyl halides is 3. The monoisotopic (exact) mass is 545 g/mol. The molecule has 36 heavy (non-hydrogen) atoms. The summed E-state index contributed by atoms with van der Waals surface area (Å²) in [6.45, 7) is 8.74. The first kappa shape index (κ1) is 28.3. The van der Waals surface area contributed by atoms with Gasteiger partial charge in [-0.15, -0.1) is 13.2 Å². The van der Waals surface area contributed by atoms with Gasteiger partial charge in [0.25, 0.3) is 5.91 Å². The number of anilines is 1. The number of carbonyl (C=O) groups is 1. The lowest BCUT2D eigenvalue weighted by Crippen LogP contribution is -2.48. The van der Waals surface area contributed by atoms with Crippen molar-refractivity contribution < 1.29 is 26.9 Å². The van der Waals surface area contributed by atoms with E-state index in [1.165, 1.54) is 17.7 Å². The smallest absolute Gasteiger partial charge is 0.404 e.